The highest BCUT2D eigenvalue weighted by atomic mass is 32.1. The molecular weight excluding hydrogens is 380 g/mol. The highest BCUT2D eigenvalue weighted by Gasteiger charge is 2.15. The molecule has 1 amide bonds. The minimum Gasteiger partial charge on any atom is -0.463 e. The van der Waals surface area contributed by atoms with E-state index in [4.69, 9.17) is 4.42 Å². The first-order chi connectivity index (χ1) is 13.3. The van der Waals surface area contributed by atoms with Crippen molar-refractivity contribution in [2.75, 3.05) is 5.32 Å². The second-order valence-electron chi connectivity index (χ2n) is 5.78. The Morgan fingerprint density at radius 3 is 2.85 bits per heavy atom. The second-order valence-corrected chi connectivity index (χ2v) is 7.49. The molecule has 4 heterocycles. The Morgan fingerprint density at radius 2 is 2.00 bits per heavy atom. The maximum atomic E-state index is 12.5. The number of rotatable bonds is 4. The number of carbonyl (C=O) groups is 1. The monoisotopic (exact) mass is 392 g/mol. The van der Waals surface area contributed by atoms with E-state index in [2.05, 4.69) is 20.3 Å². The number of hydrogen-bond acceptors (Lipinski definition) is 6. The van der Waals surface area contributed by atoms with Crippen molar-refractivity contribution < 1.29 is 9.21 Å². The zero-order valence-electron chi connectivity index (χ0n) is 13.8. The number of furan rings is 1. The molecule has 0 spiro atoms. The molecule has 0 aliphatic carbocycles. The molecule has 1 aromatic carbocycles. The van der Waals surface area contributed by atoms with Crippen LogP contribution in [0.4, 0.5) is 5.13 Å². The Bertz CT molecular complexity index is 1200. The second kappa shape index (κ2) is 6.49. The molecule has 0 saturated carbocycles. The van der Waals surface area contributed by atoms with E-state index in [9.17, 15) is 4.79 Å². The van der Waals surface area contributed by atoms with Crippen LogP contribution in [0.25, 0.3) is 33.1 Å². The van der Waals surface area contributed by atoms with E-state index in [-0.39, 0.29) is 5.91 Å². The third-order valence-electron chi connectivity index (χ3n) is 4.00. The largest absolute Gasteiger partial charge is 0.463 e. The highest BCUT2D eigenvalue weighted by molar-refractivity contribution is 7.14. The van der Waals surface area contributed by atoms with Crippen LogP contribution in [0.1, 0.15) is 10.5 Å². The van der Waals surface area contributed by atoms with Crippen molar-refractivity contribution in [3.05, 3.63) is 65.2 Å². The summed E-state index contributed by atoms with van der Waals surface area (Å²) < 4.78 is 5.32. The third kappa shape index (κ3) is 3.05. The third-order valence-corrected chi connectivity index (χ3v) is 5.63. The number of amides is 1. The van der Waals surface area contributed by atoms with Crippen LogP contribution < -0.4 is 5.32 Å². The van der Waals surface area contributed by atoms with Crippen LogP contribution in [-0.4, -0.2) is 20.9 Å². The number of carbonyl (C=O) groups excluding carboxylic acids is 1. The molecule has 0 aliphatic heterocycles. The predicted octanol–water partition coefficient (Wildman–Crippen LogP) is 5.26. The summed E-state index contributed by atoms with van der Waals surface area (Å²) in [5.74, 6) is 0.385. The highest BCUT2D eigenvalue weighted by Crippen LogP contribution is 2.28. The molecule has 0 fully saturated rings. The fraction of sp³-hybridized carbons (Fsp3) is 0. The van der Waals surface area contributed by atoms with Gasteiger partial charge in [-0.1, -0.05) is 18.2 Å². The summed E-state index contributed by atoms with van der Waals surface area (Å²) in [6, 6.07) is 13.7. The van der Waals surface area contributed by atoms with Crippen molar-refractivity contribution in [1.82, 2.24) is 15.0 Å². The zero-order chi connectivity index (χ0) is 18.2. The van der Waals surface area contributed by atoms with Gasteiger partial charge in [-0.15, -0.1) is 22.7 Å². The van der Waals surface area contributed by atoms with E-state index in [1.165, 1.54) is 22.7 Å². The predicted molar refractivity (Wildman–Crippen MR) is 107 cm³/mol. The molecule has 2 N–H and O–H groups in total. The van der Waals surface area contributed by atoms with E-state index in [1.807, 2.05) is 41.8 Å². The van der Waals surface area contributed by atoms with Gasteiger partial charge in [-0.05, 0) is 24.3 Å². The zero-order valence-corrected chi connectivity index (χ0v) is 15.4. The Hall–Kier alpha value is -3.23. The lowest BCUT2D eigenvalue weighted by Gasteiger charge is -1.97. The van der Waals surface area contributed by atoms with Crippen LogP contribution in [-0.2, 0) is 0 Å². The summed E-state index contributed by atoms with van der Waals surface area (Å²) in [4.78, 5) is 24.7. The molecule has 0 aliphatic rings. The number of aromatic amines is 1. The number of nitrogens with one attached hydrogen (secondary N) is 2. The Kier molecular flexibility index (Phi) is 3.84. The van der Waals surface area contributed by atoms with Gasteiger partial charge in [-0.25, -0.2) is 9.97 Å². The van der Waals surface area contributed by atoms with Crippen LogP contribution >= 0.6 is 22.7 Å². The molecule has 0 unspecified atom stereocenters. The minimum atomic E-state index is -0.283. The maximum absolute atomic E-state index is 12.5. The van der Waals surface area contributed by atoms with Crippen molar-refractivity contribution in [3.63, 3.8) is 0 Å². The summed E-state index contributed by atoms with van der Waals surface area (Å²) in [6.07, 6.45) is 1.59. The Labute approximate surface area is 161 Å². The molecule has 132 valence electrons. The van der Waals surface area contributed by atoms with Crippen molar-refractivity contribution in [2.45, 2.75) is 0 Å². The van der Waals surface area contributed by atoms with E-state index >= 15 is 0 Å². The SMILES string of the molecule is O=C(Nc1nc(-c2ccco2)cs1)c1csc(-c2cc3ccccc3[nH]2)n1. The molecule has 5 rings (SSSR count). The topological polar surface area (TPSA) is 83.8 Å². The normalized spacial score (nSPS) is 11.1. The lowest BCUT2D eigenvalue weighted by atomic mass is 10.2. The number of thiazole rings is 2. The summed E-state index contributed by atoms with van der Waals surface area (Å²) >= 11 is 2.77. The first-order valence-corrected chi connectivity index (χ1v) is 9.86. The fourth-order valence-electron chi connectivity index (χ4n) is 2.72. The van der Waals surface area contributed by atoms with Crippen LogP contribution in [0.2, 0.25) is 0 Å². The van der Waals surface area contributed by atoms with Crippen molar-refractivity contribution >= 4 is 44.6 Å². The number of hydrogen-bond donors (Lipinski definition) is 2. The van der Waals surface area contributed by atoms with Crippen molar-refractivity contribution in [2.24, 2.45) is 0 Å². The number of fused-ring (bicyclic) bond motifs is 1. The van der Waals surface area contributed by atoms with Gasteiger partial charge in [0.2, 0.25) is 0 Å². The molecule has 5 aromatic rings. The van der Waals surface area contributed by atoms with Crippen LogP contribution in [0.5, 0.6) is 0 Å². The standard InChI is InChI=1S/C19H12N4O2S2/c24-17(23-19-22-14(9-27-19)16-6-3-7-25-16)15-10-26-18(21-15)13-8-11-4-1-2-5-12(11)20-13/h1-10,20H,(H,22,23,24). The first-order valence-electron chi connectivity index (χ1n) is 8.11. The van der Waals surface area contributed by atoms with Gasteiger partial charge < -0.3 is 9.40 Å². The first kappa shape index (κ1) is 16.0. The van der Waals surface area contributed by atoms with Gasteiger partial charge in [0.25, 0.3) is 5.91 Å². The van der Waals surface area contributed by atoms with Crippen LogP contribution in [0, 0.1) is 0 Å². The average Bonchev–Trinajstić information content (AvgIpc) is 3.47. The summed E-state index contributed by atoms with van der Waals surface area (Å²) in [5.41, 5.74) is 3.00. The minimum absolute atomic E-state index is 0.283. The molecule has 0 radical (unpaired) electrons. The van der Waals surface area contributed by atoms with Gasteiger partial charge in [0.05, 0.1) is 12.0 Å². The van der Waals surface area contributed by atoms with E-state index in [1.54, 1.807) is 17.7 Å². The molecule has 27 heavy (non-hydrogen) atoms. The lowest BCUT2D eigenvalue weighted by molar-refractivity contribution is 0.102. The summed E-state index contributed by atoms with van der Waals surface area (Å²) in [7, 11) is 0. The molecule has 4 aromatic heterocycles. The van der Waals surface area contributed by atoms with Gasteiger partial charge in [0, 0.05) is 21.7 Å². The Morgan fingerprint density at radius 1 is 1.07 bits per heavy atom. The smallest absolute Gasteiger partial charge is 0.276 e. The van der Waals surface area contributed by atoms with Crippen LogP contribution in [0.15, 0.2) is 63.9 Å². The van der Waals surface area contributed by atoms with Gasteiger partial charge in [-0.3, -0.25) is 10.1 Å². The molecule has 0 bridgehead atoms. The molecule has 8 heteroatoms. The van der Waals surface area contributed by atoms with Gasteiger partial charge in [-0.2, -0.15) is 0 Å². The quantitative estimate of drug-likeness (QED) is 0.437. The maximum Gasteiger partial charge on any atom is 0.276 e. The summed E-state index contributed by atoms with van der Waals surface area (Å²) in [5, 5.41) is 8.77. The number of aromatic nitrogens is 3. The lowest BCUT2D eigenvalue weighted by Crippen LogP contribution is -2.12. The van der Waals surface area contributed by atoms with E-state index in [0.717, 1.165) is 21.6 Å². The molecule has 0 atom stereocenters. The van der Waals surface area contributed by atoms with Gasteiger partial charge in [0.15, 0.2) is 10.9 Å². The molecular formula is C19H12N4O2S2. The Balaban J connectivity index is 1.35. The van der Waals surface area contributed by atoms with E-state index < -0.39 is 0 Å². The number of benzene rings is 1. The average molecular weight is 392 g/mol. The fourth-order valence-corrected chi connectivity index (χ4v) is 4.19. The van der Waals surface area contributed by atoms with Gasteiger partial charge >= 0.3 is 0 Å². The number of anilines is 1. The molecule has 6 nitrogen and oxygen atoms in total. The molecule has 0 saturated heterocycles. The number of H-pyrrole nitrogens is 1. The van der Waals surface area contributed by atoms with Crippen LogP contribution in [0.3, 0.4) is 0 Å². The van der Waals surface area contributed by atoms with Crippen molar-refractivity contribution in [3.8, 4) is 22.2 Å². The van der Waals surface area contributed by atoms with Gasteiger partial charge in [0.1, 0.15) is 16.4 Å². The van der Waals surface area contributed by atoms with Crippen molar-refractivity contribution in [1.29, 1.82) is 0 Å². The number of nitrogens with zero attached hydrogens (tertiary/aromatic N) is 2. The number of para-hydroxylation sites is 1. The van der Waals surface area contributed by atoms with E-state index in [0.29, 0.717) is 22.3 Å². The summed E-state index contributed by atoms with van der Waals surface area (Å²) in [6.45, 7) is 0.